The Balaban J connectivity index is 1.34. The van der Waals surface area contributed by atoms with Crippen LogP contribution in [0.2, 0.25) is 0 Å². The Bertz CT molecular complexity index is 518. The summed E-state index contributed by atoms with van der Waals surface area (Å²) in [5, 5.41) is 0. The van der Waals surface area contributed by atoms with Crippen LogP contribution in [-0.2, 0) is 9.59 Å². The van der Waals surface area contributed by atoms with Crippen LogP contribution >= 0.6 is 0 Å². The molecule has 0 aliphatic heterocycles. The lowest BCUT2D eigenvalue weighted by Gasteiger charge is -2.27. The summed E-state index contributed by atoms with van der Waals surface area (Å²) in [6.45, 7) is 0. The monoisotopic (exact) mass is 326 g/mol. The summed E-state index contributed by atoms with van der Waals surface area (Å²) in [4.78, 5) is 24.6. The first-order valence-electron chi connectivity index (χ1n) is 10.2. The molecule has 0 aromatic heterocycles. The van der Waals surface area contributed by atoms with Crippen molar-refractivity contribution in [2.75, 3.05) is 0 Å². The molecule has 4 saturated carbocycles. The van der Waals surface area contributed by atoms with Crippen molar-refractivity contribution >= 4 is 11.6 Å². The molecule has 24 heavy (non-hydrogen) atoms. The van der Waals surface area contributed by atoms with Gasteiger partial charge in [-0.3, -0.25) is 9.59 Å². The van der Waals surface area contributed by atoms with Crippen LogP contribution in [0.3, 0.4) is 0 Å². The minimum atomic E-state index is 0.199. The predicted octanol–water partition coefficient (Wildman–Crippen LogP) is 4.56. The van der Waals surface area contributed by atoms with E-state index in [0.717, 1.165) is 25.7 Å². The Labute approximate surface area is 146 Å². The lowest BCUT2D eigenvalue weighted by molar-refractivity contribution is -0.122. The van der Waals surface area contributed by atoms with Crippen molar-refractivity contribution in [3.8, 4) is 11.8 Å². The highest BCUT2D eigenvalue weighted by Gasteiger charge is 2.43. The normalized spacial score (nSPS) is 41.5. The maximum Gasteiger partial charge on any atom is 0.137 e. The molecule has 0 heterocycles. The van der Waals surface area contributed by atoms with Crippen LogP contribution < -0.4 is 0 Å². The van der Waals surface area contributed by atoms with Crippen LogP contribution in [-0.4, -0.2) is 11.6 Å². The molecule has 4 rings (SSSR count). The van der Waals surface area contributed by atoms with Crippen molar-refractivity contribution in [3.05, 3.63) is 0 Å². The highest BCUT2D eigenvalue weighted by molar-refractivity contribution is 5.85. The number of carbonyl (C=O) groups is 2. The molecule has 0 bridgehead atoms. The van der Waals surface area contributed by atoms with Gasteiger partial charge >= 0.3 is 0 Å². The first-order valence-corrected chi connectivity index (χ1v) is 10.2. The van der Waals surface area contributed by atoms with E-state index < -0.39 is 0 Å². The summed E-state index contributed by atoms with van der Waals surface area (Å²) in [5.74, 6) is 10.5. The molecule has 6 atom stereocenters. The Kier molecular flexibility index (Phi) is 4.79. The molecule has 0 aromatic rings. The largest absolute Gasteiger partial charge is 0.299 e. The van der Waals surface area contributed by atoms with Crippen LogP contribution in [0.1, 0.15) is 77.0 Å². The molecule has 4 aliphatic carbocycles. The van der Waals surface area contributed by atoms with E-state index in [1.165, 1.54) is 51.4 Å². The SMILES string of the molecule is O=C1C[C@H]2CCCC[C@@H]2[C@H]1CC#CC[C@H]1C(=O)C[C@H]2CCCC[C@@H]21. The number of ketones is 2. The van der Waals surface area contributed by atoms with Crippen molar-refractivity contribution in [2.45, 2.75) is 77.0 Å². The fourth-order valence-corrected chi connectivity index (χ4v) is 6.23. The third-order valence-corrected chi connectivity index (χ3v) is 7.49. The van der Waals surface area contributed by atoms with Crippen molar-refractivity contribution in [2.24, 2.45) is 35.5 Å². The van der Waals surface area contributed by atoms with Gasteiger partial charge in [-0.05, 0) is 49.4 Å². The minimum Gasteiger partial charge on any atom is -0.299 e. The molecule has 2 heteroatoms. The summed E-state index contributed by atoms with van der Waals surface area (Å²) >= 11 is 0. The van der Waals surface area contributed by atoms with Gasteiger partial charge in [0.05, 0.1) is 0 Å². The maximum absolute atomic E-state index is 12.3. The quantitative estimate of drug-likeness (QED) is 0.697. The first-order chi connectivity index (χ1) is 11.7. The highest BCUT2D eigenvalue weighted by Crippen LogP contribution is 2.46. The van der Waals surface area contributed by atoms with Crippen LogP contribution in [0.4, 0.5) is 0 Å². The molecule has 0 spiro atoms. The highest BCUT2D eigenvalue weighted by atomic mass is 16.1. The van der Waals surface area contributed by atoms with Crippen molar-refractivity contribution < 1.29 is 9.59 Å². The summed E-state index contributed by atoms with van der Waals surface area (Å²) < 4.78 is 0. The third-order valence-electron chi connectivity index (χ3n) is 7.49. The average molecular weight is 326 g/mol. The zero-order valence-electron chi connectivity index (χ0n) is 14.8. The molecule has 0 saturated heterocycles. The molecule has 0 unspecified atom stereocenters. The zero-order valence-corrected chi connectivity index (χ0v) is 14.8. The maximum atomic E-state index is 12.3. The van der Waals surface area contributed by atoms with Crippen LogP contribution in [0.25, 0.3) is 0 Å². The van der Waals surface area contributed by atoms with Crippen LogP contribution in [0.15, 0.2) is 0 Å². The molecule has 0 N–H and O–H groups in total. The van der Waals surface area contributed by atoms with Gasteiger partial charge < -0.3 is 0 Å². The third kappa shape index (κ3) is 3.07. The van der Waals surface area contributed by atoms with E-state index in [2.05, 4.69) is 11.8 Å². The average Bonchev–Trinajstić information content (AvgIpc) is 3.08. The summed E-state index contributed by atoms with van der Waals surface area (Å²) in [6, 6.07) is 0. The predicted molar refractivity (Wildman–Crippen MR) is 94.1 cm³/mol. The van der Waals surface area contributed by atoms with E-state index in [-0.39, 0.29) is 11.8 Å². The number of hydrogen-bond acceptors (Lipinski definition) is 2. The van der Waals surface area contributed by atoms with Gasteiger partial charge in [-0.15, -0.1) is 11.8 Å². The van der Waals surface area contributed by atoms with Gasteiger partial charge in [0.25, 0.3) is 0 Å². The summed E-state index contributed by atoms with van der Waals surface area (Å²) in [7, 11) is 0. The van der Waals surface area contributed by atoms with E-state index in [9.17, 15) is 9.59 Å². The van der Waals surface area contributed by atoms with Crippen LogP contribution in [0.5, 0.6) is 0 Å². The molecule has 0 aromatic carbocycles. The second-order valence-electron chi connectivity index (χ2n) is 8.73. The zero-order chi connectivity index (χ0) is 16.5. The van der Waals surface area contributed by atoms with Gasteiger partial charge in [-0.1, -0.05) is 25.7 Å². The number of hydrogen-bond donors (Lipinski definition) is 0. The van der Waals surface area contributed by atoms with Gasteiger partial charge in [0.1, 0.15) is 11.6 Å². The lowest BCUT2D eigenvalue weighted by Crippen LogP contribution is -2.21. The Morgan fingerprint density at radius 1 is 0.667 bits per heavy atom. The van der Waals surface area contributed by atoms with Gasteiger partial charge in [-0.2, -0.15) is 0 Å². The molecule has 0 amide bonds. The van der Waals surface area contributed by atoms with E-state index >= 15 is 0 Å². The van der Waals surface area contributed by atoms with E-state index in [1.807, 2.05) is 0 Å². The smallest absolute Gasteiger partial charge is 0.137 e. The topological polar surface area (TPSA) is 34.1 Å². The number of Topliss-reactive ketones (excluding diaryl/α,β-unsaturated/α-hetero) is 2. The second kappa shape index (κ2) is 7.03. The molecule has 4 fully saturated rings. The standard InChI is InChI=1S/C22H30O2/c23-21-13-15-7-1-3-9-17(15)19(21)11-5-6-12-20-18-10-4-2-8-16(18)14-22(20)24/h15-20H,1-4,7-14H2/t15-,16-,17+,18+,19-,20-/m1/s1. The second-order valence-corrected chi connectivity index (χ2v) is 8.73. The molecular weight excluding hydrogens is 296 g/mol. The van der Waals surface area contributed by atoms with Gasteiger partial charge in [-0.25, -0.2) is 0 Å². The number of rotatable bonds is 2. The fraction of sp³-hybridized carbons (Fsp3) is 0.818. The van der Waals surface area contributed by atoms with Gasteiger partial charge in [0.15, 0.2) is 0 Å². The Hall–Kier alpha value is -1.10. The molecule has 4 aliphatic rings. The molecular formula is C22H30O2. The van der Waals surface area contributed by atoms with E-state index in [0.29, 0.717) is 35.2 Å². The number of fused-ring (bicyclic) bond motifs is 2. The summed E-state index contributed by atoms with van der Waals surface area (Å²) in [5.41, 5.74) is 0. The van der Waals surface area contributed by atoms with E-state index in [4.69, 9.17) is 0 Å². The minimum absolute atomic E-state index is 0.199. The first kappa shape index (κ1) is 16.4. The molecule has 0 radical (unpaired) electrons. The van der Waals surface area contributed by atoms with Crippen molar-refractivity contribution in [1.82, 2.24) is 0 Å². The molecule has 130 valence electrons. The fourth-order valence-electron chi connectivity index (χ4n) is 6.23. The van der Waals surface area contributed by atoms with Crippen molar-refractivity contribution in [1.29, 1.82) is 0 Å². The Morgan fingerprint density at radius 3 is 1.54 bits per heavy atom. The summed E-state index contributed by atoms with van der Waals surface area (Å²) in [6.07, 6.45) is 13.3. The molecule has 2 nitrogen and oxygen atoms in total. The van der Waals surface area contributed by atoms with Gasteiger partial charge in [0.2, 0.25) is 0 Å². The van der Waals surface area contributed by atoms with Gasteiger partial charge in [0, 0.05) is 37.5 Å². The Morgan fingerprint density at radius 2 is 1.08 bits per heavy atom. The van der Waals surface area contributed by atoms with Crippen molar-refractivity contribution in [3.63, 3.8) is 0 Å². The van der Waals surface area contributed by atoms with E-state index in [1.54, 1.807) is 0 Å². The lowest BCUT2D eigenvalue weighted by atomic mass is 9.77. The van der Waals surface area contributed by atoms with Crippen LogP contribution in [0, 0.1) is 47.3 Å². The number of carbonyl (C=O) groups excluding carboxylic acids is 2.